The number of amides is 5. The lowest BCUT2D eigenvalue weighted by Gasteiger charge is -2.40. The lowest BCUT2D eigenvalue weighted by Crippen LogP contribution is -2.60. The molecule has 3 atom stereocenters. The molecule has 1 aromatic carbocycles. The van der Waals surface area contributed by atoms with Gasteiger partial charge < -0.3 is 41.2 Å². The first-order valence-electron chi connectivity index (χ1n) is 17.6. The molecule has 5 amide bonds. The Morgan fingerprint density at radius 2 is 1.76 bits per heavy atom. The molecule has 3 saturated heterocycles. The monoisotopic (exact) mass is 880 g/mol. The molecule has 0 bridgehead atoms. The number of aromatic nitrogens is 1. The highest BCUT2D eigenvalue weighted by atomic mass is 35.5. The summed E-state index contributed by atoms with van der Waals surface area (Å²) in [6.07, 6.45) is 0.106. The number of halogens is 1. The average molecular weight is 881 g/mol. The zero-order valence-corrected chi connectivity index (χ0v) is 33.5. The first-order valence-corrected chi connectivity index (χ1v) is 19.8. The van der Waals surface area contributed by atoms with Gasteiger partial charge in [0.25, 0.3) is 11.7 Å². The number of β-lactam (4-membered cyclic amide) rings is 1. The Morgan fingerprint density at radius 3 is 2.41 bits per heavy atom. The number of unbranched alkanes of at least 4 members (excludes halogenated alkanes) is 2. The summed E-state index contributed by atoms with van der Waals surface area (Å²) in [6, 6.07) is 1.13. The molecule has 0 saturated carbocycles. The van der Waals surface area contributed by atoms with E-state index in [2.05, 4.69) is 20.9 Å². The number of aromatic hydroxyl groups is 2. The van der Waals surface area contributed by atoms with Crippen LogP contribution in [-0.4, -0.2) is 141 Å². The first kappa shape index (κ1) is 44.1. The molecule has 5 rings (SSSR count). The second-order valence-electron chi connectivity index (χ2n) is 13.9. The molecule has 2 aromatic rings. The number of benzene rings is 1. The van der Waals surface area contributed by atoms with Crippen molar-refractivity contribution in [2.24, 2.45) is 11.1 Å². The summed E-state index contributed by atoms with van der Waals surface area (Å²) < 4.78 is 0. The third-order valence-electron chi connectivity index (χ3n) is 9.45. The lowest BCUT2D eigenvalue weighted by atomic mass is 9.90. The van der Waals surface area contributed by atoms with Crippen LogP contribution < -0.4 is 16.5 Å². The third-order valence-corrected chi connectivity index (χ3v) is 12.2. The standard InChI is InChI=1S/C34H37ClN8O14S2/c1-33(2,29(52)53)57-40-22(17-13-58-31(36)38-17)20(46)12-16-27(51)41-14-34(30(54)55,59-28(16)41)42-10-11-43(32(42)56)39-25(49)19(45)6-4-3-5-9-37-26(50)23(47)15-7-8-18(44)24(48)21(15)35/h7-8,13,16,28,44,48H,3-6,9-12,14H2,1-2H3,(H2,36,38)(H,37,50)(H,39,49)(H,52,53)(H,54,55)/b40-22-/t16-,28-,34-/m1/s1. The van der Waals surface area contributed by atoms with Crippen molar-refractivity contribution in [3.8, 4) is 11.5 Å². The van der Waals surface area contributed by atoms with Crippen molar-refractivity contribution in [2.75, 3.05) is 31.9 Å². The van der Waals surface area contributed by atoms with Crippen LogP contribution in [0.1, 0.15) is 62.0 Å². The largest absolute Gasteiger partial charge is 0.504 e. The molecule has 0 spiro atoms. The number of ketones is 3. The van der Waals surface area contributed by atoms with E-state index >= 15 is 0 Å². The zero-order valence-electron chi connectivity index (χ0n) is 31.1. The number of thiazole rings is 1. The van der Waals surface area contributed by atoms with Gasteiger partial charge in [0.15, 0.2) is 28.1 Å². The molecule has 59 heavy (non-hydrogen) atoms. The fourth-order valence-corrected chi connectivity index (χ4v) is 8.56. The molecule has 0 unspecified atom stereocenters. The quantitative estimate of drug-likeness (QED) is 0.0193. The summed E-state index contributed by atoms with van der Waals surface area (Å²) in [5, 5.41) is 45.9. The normalized spacial score (nSPS) is 20.2. The number of Topliss-reactive ketones (excluding diaryl/α,β-unsaturated/α-hetero) is 3. The molecule has 3 fully saturated rings. The van der Waals surface area contributed by atoms with Gasteiger partial charge in [-0.25, -0.2) is 24.4 Å². The number of fused-ring (bicyclic) bond motifs is 1. The topological polar surface area (TPSA) is 329 Å². The van der Waals surface area contributed by atoms with Gasteiger partial charge in [0.1, 0.15) is 5.69 Å². The molecule has 0 radical (unpaired) electrons. The van der Waals surface area contributed by atoms with Gasteiger partial charge in [0.05, 0.1) is 35.0 Å². The summed E-state index contributed by atoms with van der Waals surface area (Å²) in [7, 11) is 0. The lowest BCUT2D eigenvalue weighted by molar-refractivity contribution is -0.161. The number of carboxylic acid groups (broad SMARTS) is 2. The highest BCUT2D eigenvalue weighted by Crippen LogP contribution is 2.53. The molecule has 3 aliphatic rings. The number of aliphatic carboxylic acids is 2. The summed E-state index contributed by atoms with van der Waals surface area (Å²) >= 11 is 7.55. The number of phenolic OH excluding ortho intramolecular Hbond substituents is 2. The van der Waals surface area contributed by atoms with Crippen molar-refractivity contribution in [3.05, 3.63) is 33.8 Å². The second kappa shape index (κ2) is 17.5. The van der Waals surface area contributed by atoms with E-state index in [-0.39, 0.29) is 48.9 Å². The SMILES string of the molecule is CC(C)(O/N=C(\C(=O)C[C@@H]1C(=O)N2C[C@@](C(=O)O)(N3CCN(NC(=O)C(=O)CCCCCNC(=O)C(=O)c4ccc(O)c(O)c4Cl)C3=O)S[C@H]12)c1csc(N)n1)C(=O)O. The number of hydrogen-bond acceptors (Lipinski definition) is 17. The number of nitrogens with two attached hydrogens (primary N) is 1. The Hall–Kier alpha value is -6.01. The highest BCUT2D eigenvalue weighted by Gasteiger charge is 2.66. The van der Waals surface area contributed by atoms with Crippen molar-refractivity contribution in [1.82, 2.24) is 30.5 Å². The van der Waals surface area contributed by atoms with Gasteiger partial charge in [-0.1, -0.05) is 34.9 Å². The van der Waals surface area contributed by atoms with Crippen molar-refractivity contribution < 1.29 is 68.4 Å². The molecule has 22 nitrogen and oxygen atoms in total. The third kappa shape index (κ3) is 9.02. The summed E-state index contributed by atoms with van der Waals surface area (Å²) in [4.78, 5) is 124. The van der Waals surface area contributed by atoms with Gasteiger partial charge in [-0.3, -0.25) is 39.1 Å². The van der Waals surface area contributed by atoms with Crippen LogP contribution in [0.15, 0.2) is 22.7 Å². The van der Waals surface area contributed by atoms with Crippen LogP contribution in [0.4, 0.5) is 9.93 Å². The number of nitrogens with zero attached hydrogens (tertiary/aromatic N) is 5. The Labute approximate surface area is 346 Å². The van der Waals surface area contributed by atoms with Gasteiger partial charge in [-0.15, -0.1) is 11.3 Å². The number of nitrogen functional groups attached to an aromatic ring is 1. The summed E-state index contributed by atoms with van der Waals surface area (Å²) in [6.45, 7) is 1.56. The predicted octanol–water partition coefficient (Wildman–Crippen LogP) is 0.543. The second-order valence-corrected chi connectivity index (χ2v) is 16.5. The number of carboxylic acids is 2. The minimum absolute atomic E-state index is 0.0223. The number of carbonyl (C=O) groups is 9. The summed E-state index contributed by atoms with van der Waals surface area (Å²) in [5.41, 5.74) is 5.32. The number of hydrogen-bond donors (Lipinski definition) is 7. The molecule has 0 aliphatic carbocycles. The molecule has 25 heteroatoms. The zero-order chi connectivity index (χ0) is 43.6. The molecule has 8 N–H and O–H groups in total. The van der Waals surface area contributed by atoms with Crippen LogP contribution >= 0.6 is 34.7 Å². The molecular formula is C34H37ClN8O14S2. The van der Waals surface area contributed by atoms with Crippen molar-refractivity contribution in [2.45, 2.75) is 61.8 Å². The van der Waals surface area contributed by atoms with Gasteiger partial charge >= 0.3 is 23.9 Å². The number of rotatable bonds is 19. The Bertz CT molecular complexity index is 2160. The van der Waals surface area contributed by atoms with E-state index in [4.69, 9.17) is 22.2 Å². The maximum Gasteiger partial charge on any atom is 0.350 e. The van der Waals surface area contributed by atoms with E-state index in [1.807, 2.05) is 0 Å². The van der Waals surface area contributed by atoms with Crippen LogP contribution in [-0.2, 0) is 38.4 Å². The molecule has 3 aliphatic heterocycles. The van der Waals surface area contributed by atoms with Gasteiger partial charge in [0, 0.05) is 31.3 Å². The number of thioether (sulfide) groups is 1. The molecule has 316 valence electrons. The molecular weight excluding hydrogens is 844 g/mol. The van der Waals surface area contributed by atoms with Gasteiger partial charge in [0.2, 0.25) is 22.2 Å². The summed E-state index contributed by atoms with van der Waals surface area (Å²) in [5.74, 6) is -10.7. The number of phenols is 2. The smallest absolute Gasteiger partial charge is 0.350 e. The van der Waals surface area contributed by atoms with Crippen LogP contribution in [0, 0.1) is 5.92 Å². The maximum atomic E-state index is 13.5. The van der Waals surface area contributed by atoms with E-state index in [1.54, 1.807) is 0 Å². The number of carbonyl (C=O) groups excluding carboxylic acids is 7. The maximum absolute atomic E-state index is 13.5. The Kier molecular flexibility index (Phi) is 13.0. The van der Waals surface area contributed by atoms with E-state index in [9.17, 15) is 63.6 Å². The molecule has 4 heterocycles. The minimum atomic E-state index is -2.02. The fraction of sp³-hybridized carbons (Fsp3) is 0.441. The van der Waals surface area contributed by atoms with E-state index in [0.717, 1.165) is 45.1 Å². The number of oxime groups is 1. The van der Waals surface area contributed by atoms with Crippen LogP contribution in [0.5, 0.6) is 11.5 Å². The fourth-order valence-electron chi connectivity index (χ4n) is 6.08. The van der Waals surface area contributed by atoms with Crippen LogP contribution in [0.3, 0.4) is 0 Å². The van der Waals surface area contributed by atoms with Crippen molar-refractivity contribution in [1.29, 1.82) is 0 Å². The van der Waals surface area contributed by atoms with E-state index in [0.29, 0.717) is 12.8 Å². The van der Waals surface area contributed by atoms with Crippen LogP contribution in [0.2, 0.25) is 5.02 Å². The molecule has 1 aromatic heterocycles. The number of hydrazine groups is 1. The Morgan fingerprint density at radius 1 is 1.05 bits per heavy atom. The van der Waals surface area contributed by atoms with Crippen LogP contribution in [0.25, 0.3) is 0 Å². The minimum Gasteiger partial charge on any atom is -0.504 e. The van der Waals surface area contributed by atoms with E-state index in [1.165, 1.54) is 24.1 Å². The van der Waals surface area contributed by atoms with E-state index < -0.39 is 110 Å². The predicted molar refractivity (Wildman–Crippen MR) is 205 cm³/mol. The number of anilines is 1. The van der Waals surface area contributed by atoms with Gasteiger partial charge in [-0.2, -0.15) is 0 Å². The Balaban J connectivity index is 1.11. The van der Waals surface area contributed by atoms with Crippen molar-refractivity contribution >= 4 is 98.6 Å². The average Bonchev–Trinajstić information content (AvgIpc) is 3.89. The number of nitrogens with one attached hydrogen (secondary N) is 2. The first-order chi connectivity index (χ1) is 27.7. The van der Waals surface area contributed by atoms with Crippen molar-refractivity contribution in [3.63, 3.8) is 0 Å². The number of urea groups is 1. The highest BCUT2D eigenvalue weighted by molar-refractivity contribution is 8.02. The van der Waals surface area contributed by atoms with Gasteiger partial charge in [-0.05, 0) is 38.8 Å².